The molecule has 1 heterocycles. The van der Waals surface area contributed by atoms with Gasteiger partial charge in [0.25, 0.3) is 5.91 Å². The fraction of sp³-hybridized carbons (Fsp3) is 0.500. The second-order valence-electron chi connectivity index (χ2n) is 5.32. The standard InChI is InChI=1S/C14H20N2O4S/c1-11-3-5-13(6-4-11)20-10-14(17)16-8-7-12(9-16)15-21(2,18)19/h3-6,12,15H,7-10H2,1-2H3. The maximum Gasteiger partial charge on any atom is 0.260 e. The topological polar surface area (TPSA) is 75.7 Å². The van der Waals surface area contributed by atoms with Gasteiger partial charge in [-0.3, -0.25) is 4.79 Å². The van der Waals surface area contributed by atoms with Gasteiger partial charge in [0, 0.05) is 19.1 Å². The molecular weight excluding hydrogens is 292 g/mol. The fourth-order valence-corrected chi connectivity index (χ4v) is 3.05. The maximum absolute atomic E-state index is 12.0. The van der Waals surface area contributed by atoms with Crippen LogP contribution < -0.4 is 9.46 Å². The van der Waals surface area contributed by atoms with Crippen LogP contribution in [-0.4, -0.2) is 51.2 Å². The number of nitrogens with zero attached hydrogens (tertiary/aromatic N) is 1. The molecule has 1 saturated heterocycles. The lowest BCUT2D eigenvalue weighted by molar-refractivity contribution is -0.132. The van der Waals surface area contributed by atoms with Gasteiger partial charge in [-0.25, -0.2) is 13.1 Å². The minimum absolute atomic E-state index is 0.0331. The number of amides is 1. The highest BCUT2D eigenvalue weighted by Gasteiger charge is 2.28. The van der Waals surface area contributed by atoms with E-state index in [0.29, 0.717) is 25.3 Å². The molecule has 0 aromatic heterocycles. The average molecular weight is 312 g/mol. The predicted octanol–water partition coefficient (Wildman–Crippen LogP) is 0.524. The van der Waals surface area contributed by atoms with Crippen LogP contribution in [0.4, 0.5) is 0 Å². The highest BCUT2D eigenvalue weighted by Crippen LogP contribution is 2.13. The Morgan fingerprint density at radius 3 is 2.67 bits per heavy atom. The van der Waals surface area contributed by atoms with Crippen LogP contribution in [-0.2, 0) is 14.8 Å². The summed E-state index contributed by atoms with van der Waals surface area (Å²) >= 11 is 0. The van der Waals surface area contributed by atoms with Crippen LogP contribution in [0, 0.1) is 6.92 Å². The third kappa shape index (κ3) is 5.02. The Balaban J connectivity index is 1.80. The van der Waals surface area contributed by atoms with Crippen LogP contribution in [0.2, 0.25) is 0 Å². The van der Waals surface area contributed by atoms with Crippen molar-refractivity contribution in [1.82, 2.24) is 9.62 Å². The zero-order valence-electron chi connectivity index (χ0n) is 12.2. The van der Waals surface area contributed by atoms with Crippen molar-refractivity contribution < 1.29 is 17.9 Å². The lowest BCUT2D eigenvalue weighted by Gasteiger charge is -2.17. The minimum Gasteiger partial charge on any atom is -0.484 e. The highest BCUT2D eigenvalue weighted by atomic mass is 32.2. The number of hydrogen-bond acceptors (Lipinski definition) is 4. The molecule has 1 aliphatic heterocycles. The van der Waals surface area contributed by atoms with Crippen molar-refractivity contribution in [2.45, 2.75) is 19.4 Å². The van der Waals surface area contributed by atoms with Crippen molar-refractivity contribution in [2.24, 2.45) is 0 Å². The molecule has 1 atom stereocenters. The van der Waals surface area contributed by atoms with Crippen molar-refractivity contribution in [1.29, 1.82) is 0 Å². The molecule has 1 N–H and O–H groups in total. The Bertz CT molecular complexity index is 598. The lowest BCUT2D eigenvalue weighted by atomic mass is 10.2. The zero-order valence-corrected chi connectivity index (χ0v) is 13.0. The van der Waals surface area contributed by atoms with Gasteiger partial charge in [0.15, 0.2) is 6.61 Å². The van der Waals surface area contributed by atoms with Crippen molar-refractivity contribution in [2.75, 3.05) is 26.0 Å². The summed E-state index contributed by atoms with van der Waals surface area (Å²) in [7, 11) is -3.24. The van der Waals surface area contributed by atoms with E-state index >= 15 is 0 Å². The molecule has 2 rings (SSSR count). The quantitative estimate of drug-likeness (QED) is 0.860. The minimum atomic E-state index is -3.24. The van der Waals surface area contributed by atoms with Gasteiger partial charge in [0.2, 0.25) is 10.0 Å². The number of likely N-dealkylation sites (tertiary alicyclic amines) is 1. The fourth-order valence-electron chi connectivity index (χ4n) is 2.26. The van der Waals surface area contributed by atoms with Crippen molar-refractivity contribution in [3.8, 4) is 5.75 Å². The number of carbonyl (C=O) groups excluding carboxylic acids is 1. The summed E-state index contributed by atoms with van der Waals surface area (Å²) in [5.74, 6) is 0.521. The first-order valence-corrected chi connectivity index (χ1v) is 8.67. The summed E-state index contributed by atoms with van der Waals surface area (Å²) in [6.07, 6.45) is 1.75. The first-order chi connectivity index (χ1) is 9.83. The van der Waals surface area contributed by atoms with Gasteiger partial charge in [-0.05, 0) is 25.5 Å². The first-order valence-electron chi connectivity index (χ1n) is 6.78. The third-order valence-corrected chi connectivity index (χ3v) is 4.07. The average Bonchev–Trinajstić information content (AvgIpc) is 2.84. The van der Waals surface area contributed by atoms with Crippen LogP contribution in [0.1, 0.15) is 12.0 Å². The Morgan fingerprint density at radius 1 is 1.38 bits per heavy atom. The first kappa shape index (κ1) is 15.8. The molecule has 6 nitrogen and oxygen atoms in total. The largest absolute Gasteiger partial charge is 0.484 e. The van der Waals surface area contributed by atoms with Gasteiger partial charge in [-0.1, -0.05) is 17.7 Å². The second-order valence-corrected chi connectivity index (χ2v) is 7.10. The summed E-state index contributed by atoms with van der Waals surface area (Å²) in [6.45, 7) is 2.88. The van der Waals surface area contributed by atoms with E-state index in [-0.39, 0.29) is 18.6 Å². The van der Waals surface area contributed by atoms with E-state index in [1.54, 1.807) is 4.90 Å². The van der Waals surface area contributed by atoms with Gasteiger partial charge in [0.05, 0.1) is 6.26 Å². The van der Waals surface area contributed by atoms with Gasteiger partial charge < -0.3 is 9.64 Å². The number of carbonyl (C=O) groups is 1. The number of aryl methyl sites for hydroxylation is 1. The molecule has 0 spiro atoms. The van der Waals surface area contributed by atoms with Gasteiger partial charge in [-0.2, -0.15) is 0 Å². The molecule has 1 amide bonds. The molecule has 116 valence electrons. The normalized spacial score (nSPS) is 18.8. The molecular formula is C14H20N2O4S. The lowest BCUT2D eigenvalue weighted by Crippen LogP contribution is -2.39. The Morgan fingerprint density at radius 2 is 2.05 bits per heavy atom. The predicted molar refractivity (Wildman–Crippen MR) is 79.6 cm³/mol. The van der Waals surface area contributed by atoms with Gasteiger partial charge in [-0.15, -0.1) is 0 Å². The molecule has 1 aliphatic rings. The van der Waals surface area contributed by atoms with Crippen LogP contribution in [0.5, 0.6) is 5.75 Å². The van der Waals surface area contributed by atoms with Gasteiger partial charge in [0.1, 0.15) is 5.75 Å². The molecule has 1 aromatic rings. The molecule has 0 aliphatic carbocycles. The van der Waals surface area contributed by atoms with E-state index in [1.807, 2.05) is 31.2 Å². The van der Waals surface area contributed by atoms with Crippen LogP contribution in [0.15, 0.2) is 24.3 Å². The number of ether oxygens (including phenoxy) is 1. The molecule has 1 aromatic carbocycles. The molecule has 1 unspecified atom stereocenters. The Hall–Kier alpha value is -1.60. The molecule has 7 heteroatoms. The summed E-state index contributed by atoms with van der Waals surface area (Å²) < 4.78 is 30.3. The number of benzene rings is 1. The van der Waals surface area contributed by atoms with E-state index < -0.39 is 10.0 Å². The monoisotopic (exact) mass is 312 g/mol. The van der Waals surface area contributed by atoms with E-state index in [0.717, 1.165) is 11.8 Å². The Labute approximate surface area is 125 Å². The zero-order chi connectivity index (χ0) is 15.5. The molecule has 0 saturated carbocycles. The smallest absolute Gasteiger partial charge is 0.260 e. The number of hydrogen-bond donors (Lipinski definition) is 1. The van der Waals surface area contributed by atoms with Gasteiger partial charge >= 0.3 is 0 Å². The van der Waals surface area contributed by atoms with E-state index in [1.165, 1.54) is 0 Å². The number of sulfonamides is 1. The van der Waals surface area contributed by atoms with Crippen molar-refractivity contribution >= 4 is 15.9 Å². The molecule has 0 bridgehead atoms. The highest BCUT2D eigenvalue weighted by molar-refractivity contribution is 7.88. The van der Waals surface area contributed by atoms with Crippen molar-refractivity contribution in [3.05, 3.63) is 29.8 Å². The van der Waals surface area contributed by atoms with Crippen LogP contribution >= 0.6 is 0 Å². The SMILES string of the molecule is Cc1ccc(OCC(=O)N2CCC(NS(C)(=O)=O)C2)cc1. The van der Waals surface area contributed by atoms with Crippen molar-refractivity contribution in [3.63, 3.8) is 0 Å². The maximum atomic E-state index is 12.0. The van der Waals surface area contributed by atoms with E-state index in [9.17, 15) is 13.2 Å². The summed E-state index contributed by atoms with van der Waals surface area (Å²) in [4.78, 5) is 13.6. The summed E-state index contributed by atoms with van der Waals surface area (Å²) in [6, 6.07) is 7.27. The molecule has 1 fully saturated rings. The Kier molecular flexibility index (Phi) is 4.84. The summed E-state index contributed by atoms with van der Waals surface area (Å²) in [5.41, 5.74) is 1.13. The van der Waals surface area contributed by atoms with E-state index in [4.69, 9.17) is 4.74 Å². The van der Waals surface area contributed by atoms with Crippen LogP contribution in [0.3, 0.4) is 0 Å². The number of rotatable bonds is 5. The van der Waals surface area contributed by atoms with E-state index in [2.05, 4.69) is 4.72 Å². The van der Waals surface area contributed by atoms with Crippen LogP contribution in [0.25, 0.3) is 0 Å². The third-order valence-electron chi connectivity index (χ3n) is 3.30. The number of nitrogens with one attached hydrogen (secondary N) is 1. The molecule has 21 heavy (non-hydrogen) atoms. The molecule has 0 radical (unpaired) electrons. The summed E-state index contributed by atoms with van der Waals surface area (Å²) in [5, 5.41) is 0. The second kappa shape index (κ2) is 6.44.